The predicted octanol–water partition coefficient (Wildman–Crippen LogP) is 3.08. The molecule has 2 saturated heterocycles. The molecule has 1 atom stereocenters. The Morgan fingerprint density at radius 2 is 1.38 bits per heavy atom. The Bertz CT molecular complexity index is 718. The number of nitrogens with one attached hydrogen (secondary N) is 1. The fraction of sp³-hybridized carbons (Fsp3) is 0.692. The maximum absolute atomic E-state index is 12.6. The van der Waals surface area contributed by atoms with Crippen molar-refractivity contribution in [2.75, 3.05) is 52.4 Å². The summed E-state index contributed by atoms with van der Waals surface area (Å²) < 4.78 is 0. The van der Waals surface area contributed by atoms with E-state index in [2.05, 4.69) is 53.2 Å². The lowest BCUT2D eigenvalue weighted by molar-refractivity contribution is -0.133. The molecule has 32 heavy (non-hydrogen) atoms. The van der Waals surface area contributed by atoms with Crippen molar-refractivity contribution in [3.8, 4) is 0 Å². The van der Waals surface area contributed by atoms with Crippen molar-refractivity contribution in [2.45, 2.75) is 58.9 Å². The summed E-state index contributed by atoms with van der Waals surface area (Å²) >= 11 is 0. The summed E-state index contributed by atoms with van der Waals surface area (Å²) in [5.41, 5.74) is 2.48. The average molecular weight is 443 g/mol. The Hall–Kier alpha value is -1.92. The first-order valence-corrected chi connectivity index (χ1v) is 12.5. The highest BCUT2D eigenvalue weighted by atomic mass is 16.2. The number of piperazine rings is 1. The van der Waals surface area contributed by atoms with Gasteiger partial charge in [-0.15, -0.1) is 0 Å². The lowest BCUT2D eigenvalue weighted by Gasteiger charge is -2.35. The van der Waals surface area contributed by atoms with Gasteiger partial charge in [-0.25, -0.2) is 0 Å². The summed E-state index contributed by atoms with van der Waals surface area (Å²) in [7, 11) is 0. The molecule has 1 aromatic carbocycles. The number of hydrogen-bond acceptors (Lipinski definition) is 4. The van der Waals surface area contributed by atoms with Crippen molar-refractivity contribution in [1.29, 1.82) is 0 Å². The minimum atomic E-state index is 0.00290. The van der Waals surface area contributed by atoms with Crippen molar-refractivity contribution < 1.29 is 9.59 Å². The van der Waals surface area contributed by atoms with Gasteiger partial charge in [-0.3, -0.25) is 19.4 Å². The Labute approximate surface area is 194 Å². The zero-order valence-electron chi connectivity index (χ0n) is 20.3. The second kappa shape index (κ2) is 12.4. The number of nitrogens with zero attached hydrogens (tertiary/aromatic N) is 3. The molecule has 178 valence electrons. The van der Waals surface area contributed by atoms with Crippen LogP contribution in [0.5, 0.6) is 0 Å². The van der Waals surface area contributed by atoms with Crippen molar-refractivity contribution in [3.63, 3.8) is 0 Å². The summed E-state index contributed by atoms with van der Waals surface area (Å²) in [6.07, 6.45) is 5.83. The first-order valence-electron chi connectivity index (χ1n) is 12.5. The quantitative estimate of drug-likeness (QED) is 0.672. The highest BCUT2D eigenvalue weighted by Gasteiger charge is 2.23. The van der Waals surface area contributed by atoms with Gasteiger partial charge in [0.1, 0.15) is 0 Å². The molecule has 2 amide bonds. The number of carbonyl (C=O) groups is 2. The predicted molar refractivity (Wildman–Crippen MR) is 129 cm³/mol. The van der Waals surface area contributed by atoms with Gasteiger partial charge in [0.05, 0.1) is 19.1 Å². The molecule has 1 aromatic rings. The summed E-state index contributed by atoms with van der Waals surface area (Å²) in [5.74, 6) is 0.982. The Balaban J connectivity index is 1.37. The fourth-order valence-electron chi connectivity index (χ4n) is 4.70. The van der Waals surface area contributed by atoms with Crippen molar-refractivity contribution in [3.05, 3.63) is 35.4 Å². The third kappa shape index (κ3) is 7.89. The highest BCUT2D eigenvalue weighted by Crippen LogP contribution is 2.16. The van der Waals surface area contributed by atoms with E-state index in [-0.39, 0.29) is 17.9 Å². The van der Waals surface area contributed by atoms with E-state index in [4.69, 9.17) is 0 Å². The normalized spacial score (nSPS) is 19.6. The maximum atomic E-state index is 12.6. The molecular weight excluding hydrogens is 400 g/mol. The molecule has 0 saturated carbocycles. The molecule has 3 rings (SSSR count). The molecule has 2 aliphatic heterocycles. The van der Waals surface area contributed by atoms with Crippen LogP contribution in [0.3, 0.4) is 0 Å². The van der Waals surface area contributed by atoms with Crippen LogP contribution in [0.1, 0.15) is 63.6 Å². The van der Waals surface area contributed by atoms with Crippen molar-refractivity contribution >= 4 is 11.8 Å². The van der Waals surface area contributed by atoms with Gasteiger partial charge >= 0.3 is 0 Å². The van der Waals surface area contributed by atoms with Crippen LogP contribution < -0.4 is 5.32 Å². The molecule has 6 heteroatoms. The van der Waals surface area contributed by atoms with Gasteiger partial charge in [-0.1, -0.05) is 51.0 Å². The van der Waals surface area contributed by atoms with E-state index in [1.54, 1.807) is 0 Å². The number of rotatable bonds is 8. The zero-order valence-corrected chi connectivity index (χ0v) is 20.3. The van der Waals surface area contributed by atoms with E-state index in [1.165, 1.54) is 18.4 Å². The Morgan fingerprint density at radius 3 is 1.94 bits per heavy atom. The fourth-order valence-corrected chi connectivity index (χ4v) is 4.70. The van der Waals surface area contributed by atoms with E-state index < -0.39 is 0 Å². The van der Waals surface area contributed by atoms with Crippen LogP contribution in [-0.4, -0.2) is 78.9 Å². The van der Waals surface area contributed by atoms with E-state index in [0.29, 0.717) is 19.0 Å². The SMILES string of the molecule is CC(C)Cc1ccc(C(C)NC(=O)CN2CCN(CC(=O)N3CCCCCC3)CC2)cc1. The van der Waals surface area contributed by atoms with E-state index in [1.807, 2.05) is 11.8 Å². The van der Waals surface area contributed by atoms with Gasteiger partial charge < -0.3 is 10.2 Å². The molecule has 2 fully saturated rings. The van der Waals surface area contributed by atoms with E-state index >= 15 is 0 Å². The monoisotopic (exact) mass is 442 g/mol. The summed E-state index contributed by atoms with van der Waals surface area (Å²) in [5, 5.41) is 3.14. The standard InChI is InChI=1S/C26H42N4O2/c1-21(2)18-23-8-10-24(11-9-23)22(3)27-25(31)19-28-14-16-29(17-15-28)20-26(32)30-12-6-4-5-7-13-30/h8-11,21-22H,4-7,12-20H2,1-3H3,(H,27,31). The molecule has 2 aliphatic rings. The summed E-state index contributed by atoms with van der Waals surface area (Å²) in [4.78, 5) is 31.7. The summed E-state index contributed by atoms with van der Waals surface area (Å²) in [6.45, 7) is 12.6. The Kier molecular flexibility index (Phi) is 9.54. The van der Waals surface area contributed by atoms with Gasteiger partial charge in [0.15, 0.2) is 0 Å². The minimum Gasteiger partial charge on any atom is -0.348 e. The minimum absolute atomic E-state index is 0.00290. The molecule has 0 aliphatic carbocycles. The summed E-state index contributed by atoms with van der Waals surface area (Å²) in [6, 6.07) is 8.60. The average Bonchev–Trinajstić information content (AvgIpc) is 3.05. The second-order valence-electron chi connectivity index (χ2n) is 9.98. The van der Waals surface area contributed by atoms with Gasteiger partial charge in [-0.05, 0) is 43.2 Å². The molecule has 2 heterocycles. The number of hydrogen-bond donors (Lipinski definition) is 1. The molecule has 1 N–H and O–H groups in total. The molecule has 0 bridgehead atoms. The first-order chi connectivity index (χ1) is 15.4. The number of amides is 2. The van der Waals surface area contributed by atoms with Gasteiger partial charge in [0, 0.05) is 39.3 Å². The molecule has 0 aromatic heterocycles. The van der Waals surface area contributed by atoms with Crippen LogP contribution in [0.2, 0.25) is 0 Å². The van der Waals surface area contributed by atoms with Crippen molar-refractivity contribution in [2.24, 2.45) is 5.92 Å². The van der Waals surface area contributed by atoms with Crippen LogP contribution >= 0.6 is 0 Å². The van der Waals surface area contributed by atoms with Crippen LogP contribution in [-0.2, 0) is 16.0 Å². The molecule has 6 nitrogen and oxygen atoms in total. The van der Waals surface area contributed by atoms with Gasteiger partial charge in [0.25, 0.3) is 0 Å². The topological polar surface area (TPSA) is 55.9 Å². The molecule has 1 unspecified atom stereocenters. The lowest BCUT2D eigenvalue weighted by Crippen LogP contribution is -2.52. The third-order valence-electron chi connectivity index (χ3n) is 6.65. The highest BCUT2D eigenvalue weighted by molar-refractivity contribution is 5.79. The van der Waals surface area contributed by atoms with Crippen LogP contribution in [0, 0.1) is 5.92 Å². The number of benzene rings is 1. The van der Waals surface area contributed by atoms with Gasteiger partial charge in [-0.2, -0.15) is 0 Å². The molecular formula is C26H42N4O2. The number of carbonyl (C=O) groups excluding carboxylic acids is 2. The maximum Gasteiger partial charge on any atom is 0.236 e. The second-order valence-corrected chi connectivity index (χ2v) is 9.98. The van der Waals surface area contributed by atoms with Crippen molar-refractivity contribution in [1.82, 2.24) is 20.0 Å². The lowest BCUT2D eigenvalue weighted by atomic mass is 10.00. The molecule has 0 spiro atoms. The van der Waals surface area contributed by atoms with Crippen LogP contribution in [0.4, 0.5) is 0 Å². The molecule has 0 radical (unpaired) electrons. The van der Waals surface area contributed by atoms with E-state index in [9.17, 15) is 9.59 Å². The van der Waals surface area contributed by atoms with Gasteiger partial charge in [0.2, 0.25) is 11.8 Å². The zero-order chi connectivity index (χ0) is 22.9. The van der Waals surface area contributed by atoms with E-state index in [0.717, 1.165) is 64.1 Å². The Morgan fingerprint density at radius 1 is 0.812 bits per heavy atom. The smallest absolute Gasteiger partial charge is 0.236 e. The van der Waals surface area contributed by atoms with Crippen LogP contribution in [0.15, 0.2) is 24.3 Å². The number of likely N-dealkylation sites (tertiary alicyclic amines) is 1. The van der Waals surface area contributed by atoms with Crippen LogP contribution in [0.25, 0.3) is 0 Å². The largest absolute Gasteiger partial charge is 0.348 e. The third-order valence-corrected chi connectivity index (χ3v) is 6.65. The first kappa shape index (κ1) is 24.7.